The predicted molar refractivity (Wildman–Crippen MR) is 59.6 cm³/mol. The number of sulfonamides is 1. The summed E-state index contributed by atoms with van der Waals surface area (Å²) in [7, 11) is -1.57. The summed E-state index contributed by atoms with van der Waals surface area (Å²) in [5.41, 5.74) is 1.16. The Morgan fingerprint density at radius 3 is 2.14 bits per heavy atom. The average Bonchev–Trinajstić information content (AvgIpc) is 2.07. The molecule has 1 aromatic rings. The molecule has 0 aromatic heterocycles. The summed E-state index contributed by atoms with van der Waals surface area (Å²) in [6.45, 7) is 1.99. The van der Waals surface area contributed by atoms with Crippen molar-refractivity contribution in [1.82, 2.24) is 3.71 Å². The Morgan fingerprint density at radius 2 is 1.71 bits per heavy atom. The highest BCUT2D eigenvalue weighted by atomic mass is 32.3. The van der Waals surface area contributed by atoms with Crippen molar-refractivity contribution in [3.05, 3.63) is 29.8 Å². The maximum Gasteiger partial charge on any atom is 0.220 e. The van der Waals surface area contributed by atoms with Gasteiger partial charge in [-0.2, -0.15) is 0 Å². The van der Waals surface area contributed by atoms with Crippen LogP contribution in [0.25, 0.3) is 0 Å². The van der Waals surface area contributed by atoms with Gasteiger partial charge in [-0.1, -0.05) is 17.7 Å². The largest absolute Gasteiger partial charge is 0.220 e. The monoisotopic (exact) mass is 231 g/mol. The summed E-state index contributed by atoms with van der Waals surface area (Å²) < 4.78 is 23.5. The van der Waals surface area contributed by atoms with E-state index in [0.717, 1.165) is 10.5 Å². The minimum atomic E-state index is -3.11. The maximum absolute atomic E-state index is 11.1. The molecule has 14 heavy (non-hydrogen) atoms. The highest BCUT2D eigenvalue weighted by molar-refractivity contribution is 8.08. The number of hydrogen-bond donors (Lipinski definition) is 0. The average molecular weight is 231 g/mol. The molecular weight excluding hydrogens is 218 g/mol. The Bertz CT molecular complexity index is 397. The van der Waals surface area contributed by atoms with Crippen molar-refractivity contribution in [3.8, 4) is 0 Å². The Kier molecular flexibility index (Phi) is 3.58. The summed E-state index contributed by atoms with van der Waals surface area (Å²) in [6, 6.07) is 7.72. The normalized spacial score (nSPS) is 12.0. The Morgan fingerprint density at radius 1 is 1.21 bits per heavy atom. The lowest BCUT2D eigenvalue weighted by Crippen LogP contribution is -2.17. The zero-order chi connectivity index (χ0) is 10.8. The van der Waals surface area contributed by atoms with Gasteiger partial charge in [0.1, 0.15) is 0 Å². The first-order chi connectivity index (χ1) is 6.39. The van der Waals surface area contributed by atoms with Crippen molar-refractivity contribution in [1.29, 1.82) is 0 Å². The van der Waals surface area contributed by atoms with Crippen molar-refractivity contribution in [2.45, 2.75) is 11.8 Å². The quantitative estimate of drug-likeness (QED) is 0.746. The summed E-state index contributed by atoms with van der Waals surface area (Å²) in [6.07, 6.45) is 1.19. The van der Waals surface area contributed by atoms with Gasteiger partial charge in [-0.15, -0.1) is 3.71 Å². The smallest absolute Gasteiger partial charge is 0.212 e. The third kappa shape index (κ3) is 3.32. The molecule has 0 saturated carbocycles. The zero-order valence-corrected chi connectivity index (χ0v) is 10.0. The number of hydrogen-bond acceptors (Lipinski definition) is 3. The van der Waals surface area contributed by atoms with E-state index in [9.17, 15) is 8.42 Å². The molecule has 0 spiro atoms. The van der Waals surface area contributed by atoms with E-state index < -0.39 is 10.0 Å². The van der Waals surface area contributed by atoms with Crippen molar-refractivity contribution >= 4 is 22.0 Å². The van der Waals surface area contributed by atoms with Crippen LogP contribution in [-0.4, -0.2) is 25.4 Å². The first-order valence-electron chi connectivity index (χ1n) is 4.08. The molecule has 3 nitrogen and oxygen atoms in total. The van der Waals surface area contributed by atoms with Gasteiger partial charge >= 0.3 is 0 Å². The number of rotatable bonds is 3. The van der Waals surface area contributed by atoms with Crippen LogP contribution in [0.1, 0.15) is 5.56 Å². The lowest BCUT2D eigenvalue weighted by molar-refractivity contribution is 0.571. The van der Waals surface area contributed by atoms with E-state index >= 15 is 0 Å². The molecule has 0 N–H and O–H groups in total. The third-order valence-electron chi connectivity index (χ3n) is 1.72. The fraction of sp³-hybridized carbons (Fsp3) is 0.333. The number of aryl methyl sites for hydroxylation is 1. The van der Waals surface area contributed by atoms with Crippen molar-refractivity contribution in [3.63, 3.8) is 0 Å². The van der Waals surface area contributed by atoms with Crippen LogP contribution in [0.2, 0.25) is 0 Å². The highest BCUT2D eigenvalue weighted by Crippen LogP contribution is 2.23. The summed E-state index contributed by atoms with van der Waals surface area (Å²) in [4.78, 5) is 0.920. The van der Waals surface area contributed by atoms with Gasteiger partial charge in [-0.05, 0) is 31.0 Å². The lowest BCUT2D eigenvalue weighted by Gasteiger charge is -2.12. The lowest BCUT2D eigenvalue weighted by atomic mass is 10.2. The zero-order valence-electron chi connectivity index (χ0n) is 8.39. The van der Waals surface area contributed by atoms with Crippen LogP contribution >= 0.6 is 11.9 Å². The Hall–Kier alpha value is -0.520. The SMILES string of the molecule is Cc1ccc(SN(C)S(C)(=O)=O)cc1. The second-order valence-corrected chi connectivity index (χ2v) is 6.52. The molecule has 0 fully saturated rings. The molecular formula is C9H13NO2S2. The molecule has 0 aliphatic rings. The molecule has 0 aliphatic carbocycles. The first-order valence-corrected chi connectivity index (χ1v) is 6.70. The fourth-order valence-electron chi connectivity index (χ4n) is 0.815. The molecule has 5 heteroatoms. The molecule has 0 atom stereocenters. The van der Waals surface area contributed by atoms with Crippen LogP contribution in [-0.2, 0) is 10.0 Å². The minimum Gasteiger partial charge on any atom is -0.212 e. The second-order valence-electron chi connectivity index (χ2n) is 3.08. The van der Waals surface area contributed by atoms with Crippen LogP contribution in [0.4, 0.5) is 0 Å². The van der Waals surface area contributed by atoms with Gasteiger partial charge in [0.05, 0.1) is 6.26 Å². The van der Waals surface area contributed by atoms with Crippen LogP contribution in [0, 0.1) is 6.92 Å². The first kappa shape index (κ1) is 11.6. The maximum atomic E-state index is 11.1. The van der Waals surface area contributed by atoms with Crippen LogP contribution in [0.5, 0.6) is 0 Å². The van der Waals surface area contributed by atoms with E-state index in [-0.39, 0.29) is 0 Å². The van der Waals surface area contributed by atoms with Gasteiger partial charge < -0.3 is 0 Å². The van der Waals surface area contributed by atoms with E-state index in [0.29, 0.717) is 0 Å². The Labute approximate surface area is 89.3 Å². The number of benzene rings is 1. The molecule has 0 unspecified atom stereocenters. The molecule has 0 aliphatic heterocycles. The van der Waals surface area contributed by atoms with Gasteiger partial charge in [-0.25, -0.2) is 8.42 Å². The van der Waals surface area contributed by atoms with Gasteiger partial charge in [-0.3, -0.25) is 0 Å². The van der Waals surface area contributed by atoms with Crippen molar-refractivity contribution in [2.24, 2.45) is 0 Å². The molecule has 0 heterocycles. The molecule has 1 aromatic carbocycles. The summed E-state index contributed by atoms with van der Waals surface area (Å²) in [5, 5.41) is 0. The van der Waals surface area contributed by atoms with Crippen LogP contribution < -0.4 is 0 Å². The van der Waals surface area contributed by atoms with Gasteiger partial charge in [0, 0.05) is 11.9 Å². The van der Waals surface area contributed by atoms with E-state index in [2.05, 4.69) is 0 Å². The van der Waals surface area contributed by atoms with Crippen LogP contribution in [0.15, 0.2) is 29.2 Å². The van der Waals surface area contributed by atoms with Gasteiger partial charge in [0.25, 0.3) is 0 Å². The predicted octanol–water partition coefficient (Wildman–Crippen LogP) is 1.89. The van der Waals surface area contributed by atoms with E-state index in [1.54, 1.807) is 7.05 Å². The minimum absolute atomic E-state index is 0.920. The molecule has 0 amide bonds. The molecule has 0 saturated heterocycles. The van der Waals surface area contributed by atoms with E-state index in [1.807, 2.05) is 31.2 Å². The summed E-state index contributed by atoms with van der Waals surface area (Å²) in [5.74, 6) is 0. The number of nitrogens with zero attached hydrogens (tertiary/aromatic N) is 1. The van der Waals surface area contributed by atoms with Crippen LogP contribution in [0.3, 0.4) is 0 Å². The van der Waals surface area contributed by atoms with Crippen molar-refractivity contribution in [2.75, 3.05) is 13.3 Å². The van der Waals surface area contributed by atoms with E-state index in [4.69, 9.17) is 0 Å². The molecule has 78 valence electrons. The van der Waals surface area contributed by atoms with Gasteiger partial charge in [0.15, 0.2) is 0 Å². The fourth-order valence-corrected chi connectivity index (χ4v) is 2.17. The molecule has 1 rings (SSSR count). The van der Waals surface area contributed by atoms with Gasteiger partial charge in [0.2, 0.25) is 10.0 Å². The van der Waals surface area contributed by atoms with E-state index in [1.165, 1.54) is 21.9 Å². The molecule has 0 radical (unpaired) electrons. The second kappa shape index (κ2) is 4.33. The molecule has 0 bridgehead atoms. The summed E-state index contributed by atoms with van der Waals surface area (Å²) >= 11 is 1.20. The highest BCUT2D eigenvalue weighted by Gasteiger charge is 2.11. The standard InChI is InChI=1S/C9H13NO2S2/c1-8-4-6-9(7-5-8)13-10(2)14(3,11)12/h4-7H,1-3H3. The third-order valence-corrected chi connectivity index (χ3v) is 4.43. The Balaban J connectivity index is 2.75. The van der Waals surface area contributed by atoms with Crippen molar-refractivity contribution < 1.29 is 8.42 Å². The topological polar surface area (TPSA) is 37.4 Å².